The van der Waals surface area contributed by atoms with E-state index in [2.05, 4.69) is 45.0 Å². The van der Waals surface area contributed by atoms with E-state index in [4.69, 9.17) is 5.73 Å². The fraction of sp³-hybridized carbons (Fsp3) is 0.385. The zero-order chi connectivity index (χ0) is 10.7. The van der Waals surface area contributed by atoms with E-state index in [1.807, 2.05) is 6.92 Å². The molecule has 14 heavy (non-hydrogen) atoms. The van der Waals surface area contributed by atoms with E-state index in [1.165, 1.54) is 22.3 Å². The van der Waals surface area contributed by atoms with Crippen LogP contribution < -0.4 is 5.73 Å². The fourth-order valence-electron chi connectivity index (χ4n) is 1.36. The average Bonchev–Trinajstić information content (AvgIpc) is 2.09. The Hall–Kier alpha value is -1.08. The van der Waals surface area contributed by atoms with Crippen LogP contribution in [0, 0.1) is 13.8 Å². The van der Waals surface area contributed by atoms with Gasteiger partial charge in [-0.1, -0.05) is 35.4 Å². The van der Waals surface area contributed by atoms with Gasteiger partial charge in [-0.2, -0.15) is 0 Å². The molecule has 1 nitrogen and oxygen atoms in total. The molecule has 1 unspecified atom stereocenters. The van der Waals surface area contributed by atoms with Gasteiger partial charge in [-0.15, -0.1) is 0 Å². The first-order valence-corrected chi connectivity index (χ1v) is 5.01. The minimum absolute atomic E-state index is 0.135. The SMILES string of the molecule is C/C(=C\c1ccc(C)cc1C)C(C)N. The van der Waals surface area contributed by atoms with Crippen LogP contribution in [0.4, 0.5) is 0 Å². The quantitative estimate of drug-likeness (QED) is 0.760. The summed E-state index contributed by atoms with van der Waals surface area (Å²) < 4.78 is 0. The number of aryl methyl sites for hydroxylation is 2. The van der Waals surface area contributed by atoms with Gasteiger partial charge in [0.25, 0.3) is 0 Å². The van der Waals surface area contributed by atoms with E-state index in [9.17, 15) is 0 Å². The molecule has 0 aliphatic carbocycles. The van der Waals surface area contributed by atoms with Crippen LogP contribution >= 0.6 is 0 Å². The normalized spacial score (nSPS) is 14.2. The summed E-state index contributed by atoms with van der Waals surface area (Å²) in [6.07, 6.45) is 2.17. The van der Waals surface area contributed by atoms with Crippen LogP contribution in [0.25, 0.3) is 6.08 Å². The van der Waals surface area contributed by atoms with Gasteiger partial charge in [-0.05, 0) is 38.8 Å². The van der Waals surface area contributed by atoms with E-state index in [0.29, 0.717) is 0 Å². The summed E-state index contributed by atoms with van der Waals surface area (Å²) in [7, 11) is 0. The van der Waals surface area contributed by atoms with Gasteiger partial charge in [0.05, 0.1) is 0 Å². The van der Waals surface area contributed by atoms with Gasteiger partial charge < -0.3 is 5.73 Å². The fourth-order valence-corrected chi connectivity index (χ4v) is 1.36. The molecule has 0 heterocycles. The summed E-state index contributed by atoms with van der Waals surface area (Å²) in [6, 6.07) is 6.61. The van der Waals surface area contributed by atoms with Crippen LogP contribution in [-0.2, 0) is 0 Å². The second kappa shape index (κ2) is 4.43. The zero-order valence-corrected chi connectivity index (χ0v) is 9.46. The van der Waals surface area contributed by atoms with Crippen molar-refractivity contribution >= 4 is 6.08 Å². The van der Waals surface area contributed by atoms with Crippen LogP contribution in [0.3, 0.4) is 0 Å². The summed E-state index contributed by atoms with van der Waals surface area (Å²) in [5.74, 6) is 0. The minimum atomic E-state index is 0.135. The summed E-state index contributed by atoms with van der Waals surface area (Å²) >= 11 is 0. The molecule has 0 saturated carbocycles. The van der Waals surface area contributed by atoms with Gasteiger partial charge in [0.15, 0.2) is 0 Å². The van der Waals surface area contributed by atoms with Crippen LogP contribution in [0.1, 0.15) is 30.5 Å². The third-order valence-corrected chi connectivity index (χ3v) is 2.53. The molecule has 76 valence electrons. The highest BCUT2D eigenvalue weighted by Crippen LogP contribution is 2.15. The molecule has 1 aromatic carbocycles. The van der Waals surface area contributed by atoms with Crippen molar-refractivity contribution in [3.8, 4) is 0 Å². The molecule has 0 radical (unpaired) electrons. The van der Waals surface area contributed by atoms with Gasteiger partial charge >= 0.3 is 0 Å². The Morgan fingerprint density at radius 2 is 2.00 bits per heavy atom. The minimum Gasteiger partial charge on any atom is -0.324 e. The van der Waals surface area contributed by atoms with Gasteiger partial charge in [0.2, 0.25) is 0 Å². The predicted octanol–water partition coefficient (Wildman–Crippen LogP) is 3.05. The molecule has 0 saturated heterocycles. The maximum absolute atomic E-state index is 5.80. The number of hydrogen-bond donors (Lipinski definition) is 1. The Kier molecular flexibility index (Phi) is 3.48. The van der Waals surface area contributed by atoms with Crippen LogP contribution in [0.2, 0.25) is 0 Å². The Morgan fingerprint density at radius 3 is 2.50 bits per heavy atom. The second-order valence-corrected chi connectivity index (χ2v) is 4.04. The van der Waals surface area contributed by atoms with Gasteiger partial charge in [-0.25, -0.2) is 0 Å². The molecule has 1 atom stereocenters. The van der Waals surface area contributed by atoms with Crippen LogP contribution in [0.15, 0.2) is 23.8 Å². The highest BCUT2D eigenvalue weighted by Gasteiger charge is 1.99. The Morgan fingerprint density at radius 1 is 1.36 bits per heavy atom. The molecule has 0 spiro atoms. The Bertz CT molecular complexity index is 348. The summed E-state index contributed by atoms with van der Waals surface area (Å²) in [6.45, 7) is 8.32. The molecule has 0 aliphatic rings. The molecular weight excluding hydrogens is 170 g/mol. The molecule has 1 aromatic rings. The van der Waals surface area contributed by atoms with Crippen molar-refractivity contribution in [2.45, 2.75) is 33.7 Å². The maximum Gasteiger partial charge on any atom is 0.0225 e. The summed E-state index contributed by atoms with van der Waals surface area (Å²) in [4.78, 5) is 0. The van der Waals surface area contributed by atoms with Crippen molar-refractivity contribution in [1.29, 1.82) is 0 Å². The summed E-state index contributed by atoms with van der Waals surface area (Å²) in [5, 5.41) is 0. The Labute approximate surface area is 86.6 Å². The number of benzene rings is 1. The molecule has 0 fully saturated rings. The largest absolute Gasteiger partial charge is 0.324 e. The van der Waals surface area contributed by atoms with Crippen molar-refractivity contribution in [2.75, 3.05) is 0 Å². The lowest BCUT2D eigenvalue weighted by atomic mass is 10.0. The predicted molar refractivity (Wildman–Crippen MR) is 63.2 cm³/mol. The lowest BCUT2D eigenvalue weighted by Crippen LogP contribution is -2.15. The first-order chi connectivity index (χ1) is 6.50. The van der Waals surface area contributed by atoms with Crippen molar-refractivity contribution < 1.29 is 0 Å². The van der Waals surface area contributed by atoms with E-state index in [0.717, 1.165) is 0 Å². The average molecular weight is 189 g/mol. The van der Waals surface area contributed by atoms with Crippen molar-refractivity contribution in [2.24, 2.45) is 5.73 Å². The van der Waals surface area contributed by atoms with Crippen LogP contribution in [-0.4, -0.2) is 6.04 Å². The van der Waals surface area contributed by atoms with Gasteiger partial charge in [0.1, 0.15) is 0 Å². The lowest BCUT2D eigenvalue weighted by molar-refractivity contribution is 0.868. The van der Waals surface area contributed by atoms with Gasteiger partial charge in [0, 0.05) is 6.04 Å². The van der Waals surface area contributed by atoms with E-state index in [1.54, 1.807) is 0 Å². The van der Waals surface area contributed by atoms with E-state index in [-0.39, 0.29) is 6.04 Å². The number of nitrogens with two attached hydrogens (primary N) is 1. The summed E-state index contributed by atoms with van der Waals surface area (Å²) in [5.41, 5.74) is 10.9. The van der Waals surface area contributed by atoms with Crippen molar-refractivity contribution in [1.82, 2.24) is 0 Å². The maximum atomic E-state index is 5.80. The molecule has 0 aliphatic heterocycles. The monoisotopic (exact) mass is 189 g/mol. The van der Waals surface area contributed by atoms with Crippen molar-refractivity contribution in [3.63, 3.8) is 0 Å². The topological polar surface area (TPSA) is 26.0 Å². The van der Waals surface area contributed by atoms with Gasteiger partial charge in [-0.3, -0.25) is 0 Å². The molecule has 2 N–H and O–H groups in total. The standard InChI is InChI=1S/C13H19N/c1-9-5-6-13(11(3)7-9)8-10(2)12(4)14/h5-8,12H,14H2,1-4H3/b10-8+. The molecular formula is C13H19N. The molecule has 1 heteroatoms. The third kappa shape index (κ3) is 2.71. The number of hydrogen-bond acceptors (Lipinski definition) is 1. The second-order valence-electron chi connectivity index (χ2n) is 4.04. The first-order valence-electron chi connectivity index (χ1n) is 5.01. The van der Waals surface area contributed by atoms with E-state index >= 15 is 0 Å². The Balaban J connectivity index is 3.03. The van der Waals surface area contributed by atoms with E-state index < -0.39 is 0 Å². The highest BCUT2D eigenvalue weighted by atomic mass is 14.6. The molecule has 0 aromatic heterocycles. The molecule has 1 rings (SSSR count). The zero-order valence-electron chi connectivity index (χ0n) is 9.46. The highest BCUT2D eigenvalue weighted by molar-refractivity contribution is 5.57. The number of rotatable bonds is 2. The van der Waals surface area contributed by atoms with Crippen molar-refractivity contribution in [3.05, 3.63) is 40.5 Å². The molecule has 0 amide bonds. The molecule has 0 bridgehead atoms. The first kappa shape index (κ1) is 11.0. The lowest BCUT2D eigenvalue weighted by Gasteiger charge is -2.07. The third-order valence-electron chi connectivity index (χ3n) is 2.53. The smallest absolute Gasteiger partial charge is 0.0225 e. The van der Waals surface area contributed by atoms with Crippen LogP contribution in [0.5, 0.6) is 0 Å².